The summed E-state index contributed by atoms with van der Waals surface area (Å²) in [5.74, 6) is 0.467. The molecule has 0 aliphatic carbocycles. The number of imide groups is 1. The standard InChI is InChI=1S/C13H13NO4/c1-14-12(15)7-9(13(14)16)8-4-5-10(17-2)11(6-8)18-3/h4-7H,1-3H3. The van der Waals surface area contributed by atoms with Crippen LogP contribution in [0, 0.1) is 0 Å². The first-order valence-electron chi connectivity index (χ1n) is 5.34. The smallest absolute Gasteiger partial charge is 0.261 e. The van der Waals surface area contributed by atoms with Crippen LogP contribution in [-0.4, -0.2) is 38.0 Å². The molecule has 1 aliphatic rings. The van der Waals surface area contributed by atoms with E-state index in [4.69, 9.17) is 9.47 Å². The van der Waals surface area contributed by atoms with Crippen molar-refractivity contribution in [3.63, 3.8) is 0 Å². The molecule has 0 spiro atoms. The zero-order valence-electron chi connectivity index (χ0n) is 10.4. The van der Waals surface area contributed by atoms with Crippen molar-refractivity contribution in [3.05, 3.63) is 29.8 Å². The number of methoxy groups -OCH3 is 2. The predicted molar refractivity (Wildman–Crippen MR) is 65.3 cm³/mol. The van der Waals surface area contributed by atoms with Gasteiger partial charge in [0, 0.05) is 13.1 Å². The van der Waals surface area contributed by atoms with Crippen molar-refractivity contribution in [1.29, 1.82) is 0 Å². The fourth-order valence-electron chi connectivity index (χ4n) is 1.77. The SMILES string of the molecule is COc1ccc(C2=CC(=O)N(C)C2=O)cc1OC. The highest BCUT2D eigenvalue weighted by atomic mass is 16.5. The molecule has 0 atom stereocenters. The number of benzene rings is 1. The maximum absolute atomic E-state index is 11.8. The average molecular weight is 247 g/mol. The topological polar surface area (TPSA) is 55.8 Å². The Kier molecular flexibility index (Phi) is 3.06. The third-order valence-electron chi connectivity index (χ3n) is 2.83. The molecular formula is C13H13NO4. The average Bonchev–Trinajstić information content (AvgIpc) is 2.65. The lowest BCUT2D eigenvalue weighted by Crippen LogP contribution is -2.25. The van der Waals surface area contributed by atoms with Gasteiger partial charge >= 0.3 is 0 Å². The Morgan fingerprint density at radius 3 is 2.22 bits per heavy atom. The summed E-state index contributed by atoms with van der Waals surface area (Å²) in [6.45, 7) is 0. The van der Waals surface area contributed by atoms with Gasteiger partial charge in [0.25, 0.3) is 11.8 Å². The van der Waals surface area contributed by atoms with E-state index in [-0.39, 0.29) is 11.8 Å². The van der Waals surface area contributed by atoms with Crippen LogP contribution < -0.4 is 9.47 Å². The van der Waals surface area contributed by atoms with Crippen LogP contribution in [0.1, 0.15) is 5.56 Å². The zero-order valence-corrected chi connectivity index (χ0v) is 10.4. The largest absolute Gasteiger partial charge is 0.493 e. The van der Waals surface area contributed by atoms with Crippen molar-refractivity contribution >= 4 is 17.4 Å². The lowest BCUT2D eigenvalue weighted by Gasteiger charge is -2.10. The van der Waals surface area contributed by atoms with Gasteiger partial charge in [0.1, 0.15) is 0 Å². The lowest BCUT2D eigenvalue weighted by atomic mass is 10.1. The van der Waals surface area contributed by atoms with Crippen LogP contribution in [0.4, 0.5) is 0 Å². The minimum atomic E-state index is -0.315. The Morgan fingerprint density at radius 1 is 1.06 bits per heavy atom. The first-order valence-corrected chi connectivity index (χ1v) is 5.34. The van der Waals surface area contributed by atoms with Gasteiger partial charge in [-0.05, 0) is 17.7 Å². The Balaban J connectivity index is 2.44. The highest BCUT2D eigenvalue weighted by molar-refractivity contribution is 6.33. The molecule has 0 bridgehead atoms. The maximum atomic E-state index is 11.8. The summed E-state index contributed by atoms with van der Waals surface area (Å²) in [5.41, 5.74) is 0.999. The first kappa shape index (κ1) is 12.2. The summed E-state index contributed by atoms with van der Waals surface area (Å²) in [4.78, 5) is 24.3. The second-order valence-electron chi connectivity index (χ2n) is 3.83. The molecule has 94 valence electrons. The van der Waals surface area contributed by atoms with Gasteiger partial charge in [-0.25, -0.2) is 0 Å². The molecule has 0 saturated carbocycles. The Labute approximate surface area is 105 Å². The summed E-state index contributed by atoms with van der Waals surface area (Å²) >= 11 is 0. The van der Waals surface area contributed by atoms with Crippen molar-refractivity contribution in [2.75, 3.05) is 21.3 Å². The highest BCUT2D eigenvalue weighted by Crippen LogP contribution is 2.32. The molecule has 2 rings (SSSR count). The van der Waals surface area contributed by atoms with Crippen molar-refractivity contribution in [3.8, 4) is 11.5 Å². The number of ether oxygens (including phenoxy) is 2. The van der Waals surface area contributed by atoms with Crippen molar-refractivity contribution < 1.29 is 19.1 Å². The fraction of sp³-hybridized carbons (Fsp3) is 0.231. The molecule has 5 heteroatoms. The molecule has 0 saturated heterocycles. The Morgan fingerprint density at radius 2 is 1.72 bits per heavy atom. The number of hydrogen-bond donors (Lipinski definition) is 0. The van der Waals surface area contributed by atoms with Crippen molar-refractivity contribution in [1.82, 2.24) is 4.90 Å². The van der Waals surface area contributed by atoms with Crippen LogP contribution in [-0.2, 0) is 9.59 Å². The maximum Gasteiger partial charge on any atom is 0.261 e. The van der Waals surface area contributed by atoms with Gasteiger partial charge in [-0.3, -0.25) is 14.5 Å². The van der Waals surface area contributed by atoms with Gasteiger partial charge in [-0.15, -0.1) is 0 Å². The summed E-state index contributed by atoms with van der Waals surface area (Å²) < 4.78 is 10.3. The van der Waals surface area contributed by atoms with Crippen LogP contribution >= 0.6 is 0 Å². The van der Waals surface area contributed by atoms with Crippen molar-refractivity contribution in [2.24, 2.45) is 0 Å². The highest BCUT2D eigenvalue weighted by Gasteiger charge is 2.28. The van der Waals surface area contributed by atoms with E-state index < -0.39 is 0 Å². The minimum Gasteiger partial charge on any atom is -0.493 e. The summed E-state index contributed by atoms with van der Waals surface area (Å²) in [5, 5.41) is 0. The molecule has 2 amide bonds. The van der Waals surface area contributed by atoms with Crippen LogP contribution in [0.3, 0.4) is 0 Å². The monoisotopic (exact) mass is 247 g/mol. The number of carbonyl (C=O) groups is 2. The molecule has 0 fully saturated rings. The van der Waals surface area contributed by atoms with Gasteiger partial charge < -0.3 is 9.47 Å². The van der Waals surface area contributed by atoms with E-state index in [2.05, 4.69) is 0 Å². The molecule has 1 aliphatic heterocycles. The third-order valence-corrected chi connectivity index (χ3v) is 2.83. The molecular weight excluding hydrogens is 234 g/mol. The predicted octanol–water partition coefficient (Wildman–Crippen LogP) is 1.09. The van der Waals surface area contributed by atoms with Crippen LogP contribution in [0.5, 0.6) is 11.5 Å². The summed E-state index contributed by atoms with van der Waals surface area (Å²) in [6, 6.07) is 5.09. The number of carbonyl (C=O) groups excluding carboxylic acids is 2. The van der Waals surface area contributed by atoms with Crippen molar-refractivity contribution in [2.45, 2.75) is 0 Å². The Bertz CT molecular complexity index is 548. The molecule has 5 nitrogen and oxygen atoms in total. The number of nitrogens with zero attached hydrogens (tertiary/aromatic N) is 1. The number of rotatable bonds is 3. The minimum absolute atomic E-state index is 0.313. The van der Waals surface area contributed by atoms with Crippen LogP contribution in [0.15, 0.2) is 24.3 Å². The molecule has 1 heterocycles. The quantitative estimate of drug-likeness (QED) is 0.750. The normalized spacial score (nSPS) is 14.8. The molecule has 0 radical (unpaired) electrons. The summed E-state index contributed by atoms with van der Waals surface area (Å²) in [6.07, 6.45) is 1.32. The van der Waals surface area contributed by atoms with E-state index in [9.17, 15) is 9.59 Å². The number of amides is 2. The van der Waals surface area contributed by atoms with E-state index in [1.165, 1.54) is 27.3 Å². The molecule has 0 unspecified atom stereocenters. The Hall–Kier alpha value is -2.30. The molecule has 1 aromatic rings. The van der Waals surface area contributed by atoms with Gasteiger partial charge in [-0.1, -0.05) is 6.07 Å². The molecule has 1 aromatic carbocycles. The first-order chi connectivity index (χ1) is 8.58. The fourth-order valence-corrected chi connectivity index (χ4v) is 1.77. The van der Waals surface area contributed by atoms with E-state index in [0.717, 1.165) is 4.90 Å². The van der Waals surface area contributed by atoms with E-state index in [1.54, 1.807) is 18.2 Å². The van der Waals surface area contributed by atoms with E-state index in [0.29, 0.717) is 22.6 Å². The second-order valence-corrected chi connectivity index (χ2v) is 3.83. The van der Waals surface area contributed by atoms with Gasteiger partial charge in [0.15, 0.2) is 11.5 Å². The van der Waals surface area contributed by atoms with E-state index >= 15 is 0 Å². The molecule has 0 aromatic heterocycles. The van der Waals surface area contributed by atoms with Gasteiger partial charge in [0.2, 0.25) is 0 Å². The lowest BCUT2D eigenvalue weighted by molar-refractivity contribution is -0.134. The zero-order chi connectivity index (χ0) is 13.3. The molecule has 18 heavy (non-hydrogen) atoms. The van der Waals surface area contributed by atoms with Gasteiger partial charge in [-0.2, -0.15) is 0 Å². The second kappa shape index (κ2) is 4.52. The number of likely N-dealkylation sites (N-methyl/N-ethyl adjacent to an activating group) is 1. The van der Waals surface area contributed by atoms with Gasteiger partial charge in [0.05, 0.1) is 19.8 Å². The third kappa shape index (κ3) is 1.84. The summed E-state index contributed by atoms with van der Waals surface area (Å²) in [7, 11) is 4.51. The van der Waals surface area contributed by atoms with E-state index in [1.807, 2.05) is 0 Å². The number of hydrogen-bond acceptors (Lipinski definition) is 4. The molecule has 0 N–H and O–H groups in total. The van der Waals surface area contributed by atoms with Crippen LogP contribution in [0.25, 0.3) is 5.57 Å². The van der Waals surface area contributed by atoms with Crippen LogP contribution in [0.2, 0.25) is 0 Å².